The molecule has 0 radical (unpaired) electrons. The second-order valence-corrected chi connectivity index (χ2v) is 8.79. The molecule has 5 heteroatoms. The van der Waals surface area contributed by atoms with Crippen molar-refractivity contribution in [2.45, 2.75) is 71.2 Å². The number of unbranched alkanes of at least 4 members (excludes halogenated alkanes) is 3. The van der Waals surface area contributed by atoms with Gasteiger partial charge >= 0.3 is 8.80 Å². The van der Waals surface area contributed by atoms with Crippen LogP contribution >= 0.6 is 11.6 Å². The molecule has 0 spiro atoms. The van der Waals surface area contributed by atoms with Crippen LogP contribution in [0.1, 0.15) is 66.2 Å². The van der Waals surface area contributed by atoms with Crippen LogP contribution in [0.15, 0.2) is 0 Å². The highest BCUT2D eigenvalue weighted by molar-refractivity contribution is 6.71. The number of hydrogen-bond acceptors (Lipinski definition) is 3. The molecule has 0 aromatic heterocycles. The van der Waals surface area contributed by atoms with Crippen molar-refractivity contribution in [3.05, 3.63) is 0 Å². The Morgan fingerprint density at radius 3 is 1.32 bits per heavy atom. The van der Waals surface area contributed by atoms with E-state index in [-0.39, 0.29) is 5.00 Å². The first-order valence-corrected chi connectivity index (χ1v) is 9.92. The summed E-state index contributed by atoms with van der Waals surface area (Å²) in [6, 6.07) is 0. The fourth-order valence-electron chi connectivity index (χ4n) is 1.55. The Bertz CT molecular complexity index is 177. The summed E-state index contributed by atoms with van der Waals surface area (Å²) < 4.78 is 18.0. The summed E-state index contributed by atoms with van der Waals surface area (Å²) in [5.74, 6) is 0. The van der Waals surface area contributed by atoms with Crippen LogP contribution in [0.2, 0.25) is 0 Å². The van der Waals surface area contributed by atoms with Crippen molar-refractivity contribution < 1.29 is 13.3 Å². The van der Waals surface area contributed by atoms with Gasteiger partial charge in [-0.1, -0.05) is 40.0 Å². The quantitative estimate of drug-likeness (QED) is 0.284. The van der Waals surface area contributed by atoms with Crippen LogP contribution < -0.4 is 0 Å². The number of hydrogen-bond donors (Lipinski definition) is 0. The molecule has 0 aromatic carbocycles. The van der Waals surface area contributed by atoms with Crippen LogP contribution in [-0.4, -0.2) is 33.6 Å². The average Bonchev–Trinajstić information content (AvgIpc) is 2.38. The molecule has 0 saturated heterocycles. The van der Waals surface area contributed by atoms with Crippen LogP contribution in [0.3, 0.4) is 0 Å². The topological polar surface area (TPSA) is 27.7 Å². The zero-order valence-corrected chi connectivity index (χ0v) is 14.8. The van der Waals surface area contributed by atoms with Gasteiger partial charge in [0.1, 0.15) is 5.00 Å². The lowest BCUT2D eigenvalue weighted by Crippen LogP contribution is -2.53. The van der Waals surface area contributed by atoms with Gasteiger partial charge in [-0.15, -0.1) is 11.6 Å². The van der Waals surface area contributed by atoms with Crippen LogP contribution in [0, 0.1) is 0 Å². The van der Waals surface area contributed by atoms with E-state index in [9.17, 15) is 0 Å². The van der Waals surface area contributed by atoms with E-state index in [1.165, 1.54) is 0 Å². The van der Waals surface area contributed by atoms with Gasteiger partial charge in [0.2, 0.25) is 0 Å². The monoisotopic (exact) mass is 310 g/mol. The largest absolute Gasteiger partial charge is 0.519 e. The minimum absolute atomic E-state index is 0.196. The summed E-state index contributed by atoms with van der Waals surface area (Å²) in [4.78, 5) is 0. The molecule has 0 saturated carbocycles. The summed E-state index contributed by atoms with van der Waals surface area (Å²) in [6.45, 7) is 10.4. The Morgan fingerprint density at radius 1 is 0.789 bits per heavy atom. The van der Waals surface area contributed by atoms with Gasteiger partial charge in [0.15, 0.2) is 0 Å². The maximum absolute atomic E-state index is 6.32. The second kappa shape index (κ2) is 12.2. The summed E-state index contributed by atoms with van der Waals surface area (Å²) in [6.07, 6.45) is 6.37. The van der Waals surface area contributed by atoms with Gasteiger partial charge in [-0.05, 0) is 26.2 Å². The normalized spacial score (nSPS) is 13.7. The molecule has 1 atom stereocenters. The second-order valence-electron chi connectivity index (χ2n) is 4.83. The smallest absolute Gasteiger partial charge is 0.373 e. The Balaban J connectivity index is 4.48. The first-order chi connectivity index (χ1) is 9.13. The third-order valence-electron chi connectivity index (χ3n) is 2.89. The molecule has 0 heterocycles. The minimum atomic E-state index is -2.72. The van der Waals surface area contributed by atoms with Crippen molar-refractivity contribution in [2.75, 3.05) is 19.8 Å². The molecule has 1 unspecified atom stereocenters. The van der Waals surface area contributed by atoms with Gasteiger partial charge < -0.3 is 13.3 Å². The summed E-state index contributed by atoms with van der Waals surface area (Å²) in [5.41, 5.74) is 0. The summed E-state index contributed by atoms with van der Waals surface area (Å²) >= 11 is 6.32. The first-order valence-electron chi connectivity index (χ1n) is 7.68. The molecule has 0 fully saturated rings. The zero-order valence-electron chi connectivity index (χ0n) is 13.0. The maximum Gasteiger partial charge on any atom is 0.519 e. The molecule has 0 aliphatic rings. The van der Waals surface area contributed by atoms with Crippen molar-refractivity contribution >= 4 is 20.4 Å². The van der Waals surface area contributed by atoms with E-state index in [2.05, 4.69) is 20.8 Å². The molecule has 19 heavy (non-hydrogen) atoms. The van der Waals surface area contributed by atoms with Crippen molar-refractivity contribution in [2.24, 2.45) is 0 Å². The SMILES string of the molecule is CCCCO[Si](OCCCC)(OCCCC)C(C)Cl. The maximum atomic E-state index is 6.32. The predicted octanol–water partition coefficient (Wildman–Crippen LogP) is 4.54. The molecule has 0 N–H and O–H groups in total. The van der Waals surface area contributed by atoms with Gasteiger partial charge in [-0.3, -0.25) is 0 Å². The van der Waals surface area contributed by atoms with Gasteiger partial charge in [-0.2, -0.15) is 0 Å². The molecular formula is C14H31ClO3Si. The molecular weight excluding hydrogens is 280 g/mol. The fraction of sp³-hybridized carbons (Fsp3) is 1.00. The highest BCUT2D eigenvalue weighted by atomic mass is 35.5. The van der Waals surface area contributed by atoms with Gasteiger partial charge in [0.05, 0.1) is 0 Å². The van der Waals surface area contributed by atoms with E-state index in [4.69, 9.17) is 24.9 Å². The van der Waals surface area contributed by atoms with E-state index < -0.39 is 8.80 Å². The summed E-state index contributed by atoms with van der Waals surface area (Å²) in [7, 11) is -2.72. The lowest BCUT2D eigenvalue weighted by atomic mass is 10.4. The third kappa shape index (κ3) is 8.30. The molecule has 0 aliphatic carbocycles. The van der Waals surface area contributed by atoms with E-state index in [0.717, 1.165) is 38.5 Å². The molecule has 0 aromatic rings. The van der Waals surface area contributed by atoms with Crippen molar-refractivity contribution in [3.63, 3.8) is 0 Å². The number of rotatable bonds is 13. The van der Waals surface area contributed by atoms with Crippen molar-refractivity contribution in [1.82, 2.24) is 0 Å². The minimum Gasteiger partial charge on any atom is -0.373 e. The molecule has 3 nitrogen and oxygen atoms in total. The van der Waals surface area contributed by atoms with Crippen LogP contribution in [0.4, 0.5) is 0 Å². The average molecular weight is 311 g/mol. The number of alkyl halides is 1. The van der Waals surface area contributed by atoms with Crippen molar-refractivity contribution in [3.8, 4) is 0 Å². The van der Waals surface area contributed by atoms with Crippen LogP contribution in [0.25, 0.3) is 0 Å². The lowest BCUT2D eigenvalue weighted by Gasteiger charge is -2.31. The number of halogens is 1. The Labute approximate surface area is 125 Å². The van der Waals surface area contributed by atoms with Gasteiger partial charge in [-0.25, -0.2) is 0 Å². The van der Waals surface area contributed by atoms with Crippen LogP contribution in [-0.2, 0) is 13.3 Å². The molecule has 0 amide bonds. The van der Waals surface area contributed by atoms with Gasteiger partial charge in [0.25, 0.3) is 0 Å². The standard InChI is InChI=1S/C14H31ClO3Si/c1-5-8-11-16-19(14(4)15,17-12-9-6-2)18-13-10-7-3/h14H,5-13H2,1-4H3. The van der Waals surface area contributed by atoms with E-state index in [0.29, 0.717) is 19.8 Å². The first kappa shape index (κ1) is 19.4. The van der Waals surface area contributed by atoms with Crippen molar-refractivity contribution in [1.29, 1.82) is 0 Å². The Kier molecular flexibility index (Phi) is 12.4. The zero-order chi connectivity index (χ0) is 14.6. The highest BCUT2D eigenvalue weighted by Crippen LogP contribution is 2.21. The van der Waals surface area contributed by atoms with E-state index in [1.54, 1.807) is 0 Å². The van der Waals surface area contributed by atoms with E-state index in [1.807, 2.05) is 6.92 Å². The Hall–Kier alpha value is 0.387. The van der Waals surface area contributed by atoms with Gasteiger partial charge in [0, 0.05) is 19.8 Å². The predicted molar refractivity (Wildman–Crippen MR) is 83.6 cm³/mol. The molecule has 0 rings (SSSR count). The van der Waals surface area contributed by atoms with E-state index >= 15 is 0 Å². The molecule has 0 bridgehead atoms. The summed E-state index contributed by atoms with van der Waals surface area (Å²) in [5, 5.41) is -0.196. The third-order valence-corrected chi connectivity index (χ3v) is 6.49. The Morgan fingerprint density at radius 2 is 1.11 bits per heavy atom. The highest BCUT2D eigenvalue weighted by Gasteiger charge is 2.46. The lowest BCUT2D eigenvalue weighted by molar-refractivity contribution is 0.0552. The van der Waals surface area contributed by atoms with Crippen LogP contribution in [0.5, 0.6) is 0 Å². The molecule has 116 valence electrons. The molecule has 0 aliphatic heterocycles. The fourth-order valence-corrected chi connectivity index (χ4v) is 4.34.